The smallest absolute Gasteiger partial charge is 0.0631 e. The van der Waals surface area contributed by atoms with E-state index in [4.69, 9.17) is 0 Å². The van der Waals surface area contributed by atoms with Gasteiger partial charge in [0.05, 0.1) is 5.69 Å². The molecule has 0 aliphatic rings. The summed E-state index contributed by atoms with van der Waals surface area (Å²) in [4.78, 5) is 0. The Balaban J connectivity index is 2.95. The minimum absolute atomic E-state index is 0.443. The molecule has 0 heterocycles. The van der Waals surface area contributed by atoms with Crippen LogP contribution in [0.4, 0.5) is 5.69 Å². The van der Waals surface area contributed by atoms with Gasteiger partial charge in [-0.1, -0.05) is 29.8 Å². The molecule has 0 aromatic heterocycles. The van der Waals surface area contributed by atoms with Crippen LogP contribution in [-0.4, -0.2) is 6.04 Å². The van der Waals surface area contributed by atoms with Gasteiger partial charge in [-0.2, -0.15) is 0 Å². The fraction of sp³-hybridized carbons (Fsp3) is 0.455. The zero-order valence-electron chi connectivity index (χ0n) is 8.94. The molecule has 1 atom stereocenters. The second-order valence-electron chi connectivity index (χ2n) is 3.92. The minimum Gasteiger partial charge on any atom is -0.381 e. The van der Waals surface area contributed by atoms with Crippen molar-refractivity contribution in [1.29, 1.82) is 0 Å². The normalized spacial score (nSPS) is 13.0. The Hall–Kier alpha value is 0.460. The van der Waals surface area contributed by atoms with Crippen molar-refractivity contribution in [3.05, 3.63) is 25.6 Å². The van der Waals surface area contributed by atoms with Crippen molar-refractivity contribution in [2.75, 3.05) is 5.32 Å². The molecule has 0 saturated carbocycles. The lowest BCUT2D eigenvalue weighted by molar-refractivity contribution is 0.559. The quantitative estimate of drug-likeness (QED) is 0.714. The van der Waals surface area contributed by atoms with Gasteiger partial charge < -0.3 is 5.32 Å². The van der Waals surface area contributed by atoms with E-state index in [1.807, 2.05) is 12.1 Å². The molecule has 0 radical (unpaired) electrons. The van der Waals surface area contributed by atoms with Crippen LogP contribution in [0.3, 0.4) is 0 Å². The van der Waals surface area contributed by atoms with Gasteiger partial charge in [0.2, 0.25) is 0 Å². The van der Waals surface area contributed by atoms with Gasteiger partial charge in [0, 0.05) is 19.5 Å². The average Bonchev–Trinajstić information content (AvgIpc) is 2.10. The van der Waals surface area contributed by atoms with E-state index in [0.717, 1.165) is 19.1 Å². The molecular weight excluding hydrogens is 386 g/mol. The van der Waals surface area contributed by atoms with Gasteiger partial charge in [-0.25, -0.2) is 0 Å². The fourth-order valence-electron chi connectivity index (χ4n) is 1.07. The van der Waals surface area contributed by atoms with E-state index in [9.17, 15) is 0 Å². The van der Waals surface area contributed by atoms with Gasteiger partial charge in [0.25, 0.3) is 0 Å². The molecule has 1 aromatic carbocycles. The third kappa shape index (κ3) is 3.75. The molecule has 15 heavy (non-hydrogen) atoms. The maximum atomic E-state index is 3.55. The first kappa shape index (κ1) is 13.5. The molecule has 0 bridgehead atoms. The Morgan fingerprint density at radius 3 is 1.87 bits per heavy atom. The molecule has 1 N–H and O–H groups in total. The number of benzene rings is 1. The minimum atomic E-state index is 0.443. The molecule has 0 amide bonds. The Bertz CT molecular complexity index is 327. The van der Waals surface area contributed by atoms with E-state index < -0.39 is 0 Å². The molecule has 1 aromatic rings. The van der Waals surface area contributed by atoms with Crippen molar-refractivity contribution >= 4 is 53.5 Å². The van der Waals surface area contributed by atoms with Crippen molar-refractivity contribution in [1.82, 2.24) is 0 Å². The van der Waals surface area contributed by atoms with E-state index in [-0.39, 0.29) is 0 Å². The molecule has 0 aliphatic heterocycles. The van der Waals surface area contributed by atoms with Gasteiger partial charge >= 0.3 is 0 Å². The van der Waals surface area contributed by atoms with E-state index in [1.165, 1.54) is 0 Å². The summed E-state index contributed by atoms with van der Waals surface area (Å²) in [6.45, 7) is 6.60. The van der Waals surface area contributed by atoms with Crippen LogP contribution in [0.25, 0.3) is 0 Å². The summed E-state index contributed by atoms with van der Waals surface area (Å²) in [7, 11) is 0. The lowest BCUT2D eigenvalue weighted by Gasteiger charge is -2.21. The molecule has 4 heteroatoms. The van der Waals surface area contributed by atoms with Crippen LogP contribution < -0.4 is 5.32 Å². The Morgan fingerprint density at radius 2 is 1.47 bits per heavy atom. The highest BCUT2D eigenvalue weighted by molar-refractivity contribution is 9.11. The van der Waals surface area contributed by atoms with Gasteiger partial charge in [-0.3, -0.25) is 0 Å². The van der Waals surface area contributed by atoms with Crippen LogP contribution in [0.2, 0.25) is 0 Å². The summed E-state index contributed by atoms with van der Waals surface area (Å²) in [5, 5.41) is 3.49. The Kier molecular flexibility index (Phi) is 5.13. The maximum absolute atomic E-state index is 3.55. The van der Waals surface area contributed by atoms with E-state index in [1.54, 1.807) is 0 Å². The summed E-state index contributed by atoms with van der Waals surface area (Å²) >= 11 is 10.6. The molecule has 1 unspecified atom stereocenters. The summed E-state index contributed by atoms with van der Waals surface area (Å²) in [6, 6.07) is 4.53. The second kappa shape index (κ2) is 5.69. The molecule has 0 saturated heterocycles. The van der Waals surface area contributed by atoms with Crippen molar-refractivity contribution in [3.8, 4) is 0 Å². The van der Waals surface area contributed by atoms with Gasteiger partial charge in [0.1, 0.15) is 0 Å². The van der Waals surface area contributed by atoms with Crippen LogP contribution in [0.1, 0.15) is 20.8 Å². The molecular formula is C11H14Br3N. The topological polar surface area (TPSA) is 12.0 Å². The lowest BCUT2D eigenvalue weighted by Crippen LogP contribution is -2.21. The number of rotatable bonds is 3. The number of nitrogens with one attached hydrogen (secondary N) is 1. The van der Waals surface area contributed by atoms with Crippen molar-refractivity contribution in [2.24, 2.45) is 5.92 Å². The van der Waals surface area contributed by atoms with Gasteiger partial charge in [0.15, 0.2) is 0 Å². The highest BCUT2D eigenvalue weighted by Crippen LogP contribution is 2.35. The zero-order chi connectivity index (χ0) is 11.6. The molecule has 1 nitrogen and oxygen atoms in total. The maximum Gasteiger partial charge on any atom is 0.0631 e. The van der Waals surface area contributed by atoms with Gasteiger partial charge in [-0.05, 0) is 56.8 Å². The third-order valence-corrected chi connectivity index (χ3v) is 4.09. The molecule has 0 fully saturated rings. The predicted octanol–water partition coefficient (Wildman–Crippen LogP) is 5.43. The first-order valence-electron chi connectivity index (χ1n) is 4.83. The fourth-order valence-corrected chi connectivity index (χ4v) is 3.56. The van der Waals surface area contributed by atoms with Crippen molar-refractivity contribution in [2.45, 2.75) is 26.8 Å². The first-order chi connectivity index (χ1) is 6.91. The zero-order valence-corrected chi connectivity index (χ0v) is 13.7. The average molecular weight is 400 g/mol. The van der Waals surface area contributed by atoms with Crippen LogP contribution in [-0.2, 0) is 0 Å². The van der Waals surface area contributed by atoms with Gasteiger partial charge in [-0.15, -0.1) is 0 Å². The molecule has 84 valence electrons. The van der Waals surface area contributed by atoms with Crippen LogP contribution in [0, 0.1) is 5.92 Å². The van der Waals surface area contributed by atoms with Crippen molar-refractivity contribution < 1.29 is 0 Å². The number of anilines is 1. The van der Waals surface area contributed by atoms with Crippen molar-refractivity contribution in [3.63, 3.8) is 0 Å². The van der Waals surface area contributed by atoms with Crippen LogP contribution >= 0.6 is 47.8 Å². The molecule has 1 rings (SSSR count). The summed E-state index contributed by atoms with van der Waals surface area (Å²) in [5.41, 5.74) is 1.11. The number of halogens is 3. The highest BCUT2D eigenvalue weighted by Gasteiger charge is 2.12. The standard InChI is InChI=1S/C11H14Br3N/c1-6(2)7(3)15-11-9(13)4-8(12)5-10(11)14/h4-7,15H,1-3H3. The van der Waals surface area contributed by atoms with Crippen LogP contribution in [0.5, 0.6) is 0 Å². The summed E-state index contributed by atoms with van der Waals surface area (Å²) in [6.07, 6.45) is 0. The predicted molar refractivity (Wildman–Crippen MR) is 77.5 cm³/mol. The van der Waals surface area contributed by atoms with E-state index >= 15 is 0 Å². The Labute approximate surface area is 116 Å². The summed E-state index contributed by atoms with van der Waals surface area (Å²) < 4.78 is 3.19. The highest BCUT2D eigenvalue weighted by atomic mass is 79.9. The summed E-state index contributed by atoms with van der Waals surface area (Å²) in [5.74, 6) is 0.604. The molecule has 0 spiro atoms. The number of hydrogen-bond donors (Lipinski definition) is 1. The van der Waals surface area contributed by atoms with Crippen LogP contribution in [0.15, 0.2) is 25.6 Å². The lowest BCUT2D eigenvalue weighted by atomic mass is 10.1. The largest absolute Gasteiger partial charge is 0.381 e. The molecule has 0 aliphatic carbocycles. The van der Waals surface area contributed by atoms with E-state index in [2.05, 4.69) is 73.9 Å². The number of hydrogen-bond acceptors (Lipinski definition) is 1. The first-order valence-corrected chi connectivity index (χ1v) is 7.20. The van der Waals surface area contributed by atoms with E-state index in [0.29, 0.717) is 12.0 Å². The SMILES string of the molecule is CC(C)C(C)Nc1c(Br)cc(Br)cc1Br. The second-order valence-corrected chi connectivity index (χ2v) is 6.55. The third-order valence-electron chi connectivity index (χ3n) is 2.38. The Morgan fingerprint density at radius 1 is 1.00 bits per heavy atom. The monoisotopic (exact) mass is 397 g/mol.